The maximum absolute atomic E-state index is 3.06. The maximum Gasteiger partial charge on any atom is -0.0114 e. The van der Waals surface area contributed by atoms with E-state index in [1.807, 2.05) is 0 Å². The summed E-state index contributed by atoms with van der Waals surface area (Å²) in [5.74, 6) is 1.66. The summed E-state index contributed by atoms with van der Waals surface area (Å²) in [6.45, 7) is 3.06. The third kappa shape index (κ3) is 10.7. The molecule has 0 amide bonds. The van der Waals surface area contributed by atoms with Gasteiger partial charge in [-0.05, 0) is 78.9 Å². The van der Waals surface area contributed by atoms with Gasteiger partial charge in [-0.15, -0.1) is 44.8 Å². The molecule has 12 aromatic rings. The molecule has 0 N–H and O–H groups in total. The predicted octanol–water partition coefficient (Wildman–Crippen LogP) is 21.2. The molecule has 2 heteroatoms. The molecule has 2 aliphatic rings. The summed E-state index contributed by atoms with van der Waals surface area (Å²) in [6, 6.07) is 81.5. The number of benzene rings is 10. The molecule has 12 aromatic carbocycles. The largest absolute Gasteiger partial charge is 0.164 e. The van der Waals surface area contributed by atoms with Gasteiger partial charge in [-0.1, -0.05) is 292 Å². The molecule has 2 saturated carbocycles. The minimum absolute atomic E-state index is 0. The van der Waals surface area contributed by atoms with Gasteiger partial charge in [-0.2, -0.15) is 12.1 Å². The van der Waals surface area contributed by atoms with E-state index in [1.165, 1.54) is 221 Å². The topological polar surface area (TPSA) is 0 Å². The zero-order chi connectivity index (χ0) is 49.8. The fourth-order valence-corrected chi connectivity index (χ4v) is 13.2. The number of fused-ring (bicyclic) bond motifs is 6. The normalized spacial score (nSPS) is 13.9. The second-order valence-electron chi connectivity index (χ2n) is 21.2. The Bertz CT molecular complexity index is 3420. The Kier molecular flexibility index (Phi) is 16.9. The van der Waals surface area contributed by atoms with Gasteiger partial charge in [0.25, 0.3) is 0 Å². The van der Waals surface area contributed by atoms with Gasteiger partial charge in [0.15, 0.2) is 0 Å². The van der Waals surface area contributed by atoms with E-state index in [9.17, 15) is 0 Å². The van der Waals surface area contributed by atoms with Crippen molar-refractivity contribution in [2.45, 2.75) is 77.0 Å². The van der Waals surface area contributed by atoms with E-state index in [0.717, 1.165) is 11.8 Å². The molecule has 0 aliphatic heterocycles. The van der Waals surface area contributed by atoms with Crippen molar-refractivity contribution in [3.05, 3.63) is 244 Å². The van der Waals surface area contributed by atoms with E-state index in [1.54, 1.807) is 0 Å². The Balaban J connectivity index is 0.000000163. The van der Waals surface area contributed by atoms with E-state index < -0.39 is 0 Å². The first kappa shape index (κ1) is 53.0. The van der Waals surface area contributed by atoms with Crippen LogP contribution in [0, 0.1) is 26.7 Å². The maximum atomic E-state index is 3.06. The van der Waals surface area contributed by atoms with Crippen molar-refractivity contribution in [1.29, 1.82) is 0 Å². The van der Waals surface area contributed by atoms with E-state index in [-0.39, 0.29) is 14.9 Å². The standard InChI is InChI=1S/2C36H31.2CH3.Si.Zr/c2*1-2-10-25(11-3-1)22-26-23-35-33(31-18-8-14-27-12-4-6-16-29(27)31)20-21-34(36(35)24-26)32-19-9-15-28-13-5-7-17-30(28)32;;;;/h2*4-9,12-21,23-25H,1-3,10-11,22H2;2*1H3;;/q4*-1;;. The minimum atomic E-state index is 0. The summed E-state index contributed by atoms with van der Waals surface area (Å²) in [6.07, 6.45) is 16.4. The van der Waals surface area contributed by atoms with Crippen LogP contribution in [0.4, 0.5) is 0 Å². The third-order valence-corrected chi connectivity index (χ3v) is 16.7. The van der Waals surface area contributed by atoms with E-state index in [4.69, 9.17) is 0 Å². The van der Waals surface area contributed by atoms with Crippen LogP contribution < -0.4 is 0 Å². The molecule has 14 rings (SSSR count). The summed E-state index contributed by atoms with van der Waals surface area (Å²) in [5, 5.41) is 16.1. The first-order valence-electron chi connectivity index (χ1n) is 27.3. The predicted molar refractivity (Wildman–Crippen MR) is 330 cm³/mol. The second kappa shape index (κ2) is 24.3. The smallest absolute Gasteiger partial charge is 0.0114 e. The van der Waals surface area contributed by atoms with Gasteiger partial charge in [0, 0.05) is 0 Å². The SMILES string of the molecule is [CH3-].[CH3-].[Si]=[Zr].c1ccc2c(-c3ccc(-c4cccc5ccccc45)c4[cH-]c(CC5CCCCC5)cc34)cccc2c1.c1ccc2c(-c3ccc(-c4cccc5ccccc45)c4[cH-]c(CC5CCCCC5)cc34)cccc2c1. The average Bonchev–Trinajstić information content (AvgIpc) is 4.13. The Morgan fingerprint density at radius 1 is 0.303 bits per heavy atom. The van der Waals surface area contributed by atoms with Crippen LogP contribution in [-0.4, -0.2) is 6.88 Å². The van der Waals surface area contributed by atoms with Gasteiger partial charge in [0.2, 0.25) is 0 Å². The Morgan fingerprint density at radius 2 is 0.566 bits per heavy atom. The van der Waals surface area contributed by atoms with Crippen molar-refractivity contribution in [2.75, 3.05) is 0 Å². The molecule has 0 aromatic heterocycles. The first-order chi connectivity index (χ1) is 36.7. The summed E-state index contributed by atoms with van der Waals surface area (Å²) >= 11 is 1.36. The van der Waals surface area contributed by atoms with E-state index >= 15 is 0 Å². The van der Waals surface area contributed by atoms with Crippen LogP contribution >= 0.6 is 0 Å². The molecule has 0 spiro atoms. The monoisotopic (exact) mass is 1070 g/mol. The average molecular weight is 1080 g/mol. The van der Waals surface area contributed by atoms with Crippen molar-refractivity contribution in [3.8, 4) is 44.5 Å². The van der Waals surface area contributed by atoms with Crippen molar-refractivity contribution in [3.63, 3.8) is 0 Å². The van der Waals surface area contributed by atoms with Gasteiger partial charge >= 0.3 is 30.2 Å². The molecule has 2 aliphatic carbocycles. The molecule has 76 heavy (non-hydrogen) atoms. The zero-order valence-corrected chi connectivity index (χ0v) is 47.9. The van der Waals surface area contributed by atoms with E-state index in [0.29, 0.717) is 0 Å². The first-order valence-corrected chi connectivity index (χ1v) is 31.5. The van der Waals surface area contributed by atoms with Crippen molar-refractivity contribution in [1.82, 2.24) is 0 Å². The van der Waals surface area contributed by atoms with Gasteiger partial charge in [0.1, 0.15) is 0 Å². The molecule has 0 atom stereocenters. The molecular formula is C74H68SiZr-4. The molecule has 0 bridgehead atoms. The Labute approximate surface area is 469 Å². The molecule has 2 fully saturated rings. The third-order valence-electron chi connectivity index (χ3n) is 16.7. The van der Waals surface area contributed by atoms with Crippen LogP contribution in [0.2, 0.25) is 0 Å². The summed E-state index contributed by atoms with van der Waals surface area (Å²) in [7, 11) is 0. The van der Waals surface area contributed by atoms with Crippen molar-refractivity contribution < 1.29 is 23.3 Å². The fraction of sp³-hybridized carbons (Fsp3) is 0.189. The molecule has 2 radical (unpaired) electrons. The zero-order valence-electron chi connectivity index (χ0n) is 44.4. The van der Waals surface area contributed by atoms with E-state index in [2.05, 4.69) is 225 Å². The van der Waals surface area contributed by atoms with Crippen molar-refractivity contribution >= 4 is 71.5 Å². The molecular weight excluding hydrogens is 1010 g/mol. The number of hydrogen-bond acceptors (Lipinski definition) is 0. The van der Waals surface area contributed by atoms with Gasteiger partial charge in [0.05, 0.1) is 0 Å². The summed E-state index contributed by atoms with van der Waals surface area (Å²) in [5.41, 5.74) is 13.7. The van der Waals surface area contributed by atoms with Crippen molar-refractivity contribution in [2.24, 2.45) is 11.8 Å². The Hall–Kier alpha value is -6.44. The molecule has 376 valence electrons. The molecule has 0 unspecified atom stereocenters. The van der Waals surface area contributed by atoms with Gasteiger partial charge in [-0.25, -0.2) is 0 Å². The summed E-state index contributed by atoms with van der Waals surface area (Å²) in [4.78, 5) is 0. The molecule has 0 nitrogen and oxygen atoms in total. The van der Waals surface area contributed by atoms with Gasteiger partial charge < -0.3 is 14.9 Å². The second-order valence-corrected chi connectivity index (χ2v) is 21.2. The van der Waals surface area contributed by atoms with Crippen LogP contribution in [0.1, 0.15) is 75.3 Å². The minimum Gasteiger partial charge on any atom is -0.164 e. The number of rotatable bonds is 8. The van der Waals surface area contributed by atoms with Crippen LogP contribution in [0.15, 0.2) is 218 Å². The van der Waals surface area contributed by atoms with Crippen LogP contribution in [0.5, 0.6) is 0 Å². The molecule has 0 heterocycles. The summed E-state index contributed by atoms with van der Waals surface area (Å²) < 4.78 is 0. The van der Waals surface area contributed by atoms with Crippen LogP contribution in [0.3, 0.4) is 0 Å². The quantitative estimate of drug-likeness (QED) is 0.105. The fourth-order valence-electron chi connectivity index (χ4n) is 13.2. The van der Waals surface area contributed by atoms with Crippen LogP contribution in [-0.2, 0) is 36.2 Å². The molecule has 0 saturated heterocycles. The number of hydrogen-bond donors (Lipinski definition) is 0. The Morgan fingerprint density at radius 3 is 0.895 bits per heavy atom. The van der Waals surface area contributed by atoms with Gasteiger partial charge in [-0.3, -0.25) is 0 Å². The van der Waals surface area contributed by atoms with Crippen LogP contribution in [0.25, 0.3) is 109 Å².